The lowest BCUT2D eigenvalue weighted by Gasteiger charge is -2.39. The van der Waals surface area contributed by atoms with Crippen LogP contribution in [0.5, 0.6) is 0 Å². The Balaban J connectivity index is 4.74. The first-order chi connectivity index (χ1) is 17.1. The van der Waals surface area contributed by atoms with Gasteiger partial charge in [-0.25, -0.2) is 4.79 Å². The van der Waals surface area contributed by atoms with Gasteiger partial charge in [0.25, 0.3) is 0 Å². The Morgan fingerprint density at radius 2 is 1.11 bits per heavy atom. The molecule has 0 aliphatic carbocycles. The van der Waals surface area contributed by atoms with Crippen molar-refractivity contribution in [2.45, 2.75) is 94.1 Å². The molecule has 0 bridgehead atoms. The van der Waals surface area contributed by atoms with E-state index in [4.69, 9.17) is 4.74 Å². The summed E-state index contributed by atoms with van der Waals surface area (Å²) in [5.74, 6) is -38.1. The minimum atomic E-state index is -7.97. The van der Waals surface area contributed by atoms with Crippen molar-refractivity contribution in [3.05, 3.63) is 0 Å². The number of hydrogen-bond acceptors (Lipinski definition) is 3. The van der Waals surface area contributed by atoms with Crippen molar-refractivity contribution in [2.24, 2.45) is 0 Å². The van der Waals surface area contributed by atoms with Crippen LogP contribution in [0.25, 0.3) is 0 Å². The summed E-state index contributed by atoms with van der Waals surface area (Å²) < 4.78 is 174. The summed E-state index contributed by atoms with van der Waals surface area (Å²) in [6, 6.07) is -1.41. The second-order valence-electron chi connectivity index (χ2n) is 8.17. The molecule has 38 heavy (non-hydrogen) atoms. The fraction of sp³-hybridized carbons (Fsp3) is 0.900. The van der Waals surface area contributed by atoms with Crippen molar-refractivity contribution in [2.75, 3.05) is 19.7 Å². The molecule has 0 aromatic carbocycles. The summed E-state index contributed by atoms with van der Waals surface area (Å²) in [6.45, 7) is 0.0462. The van der Waals surface area contributed by atoms with Crippen molar-refractivity contribution >= 4 is 12.0 Å². The summed E-state index contributed by atoms with van der Waals surface area (Å²) in [4.78, 5) is 22.9. The minimum absolute atomic E-state index is 0.0963. The third-order valence-corrected chi connectivity index (χ3v) is 5.10. The van der Waals surface area contributed by atoms with Crippen LogP contribution in [-0.4, -0.2) is 67.5 Å². The van der Waals surface area contributed by atoms with E-state index in [0.717, 1.165) is 32.1 Å². The van der Waals surface area contributed by atoms with Crippen molar-refractivity contribution in [1.82, 2.24) is 10.6 Å². The lowest BCUT2D eigenvalue weighted by molar-refractivity contribution is -0.440. The van der Waals surface area contributed by atoms with Crippen LogP contribution < -0.4 is 10.6 Å². The summed E-state index contributed by atoms with van der Waals surface area (Å²) >= 11 is 0. The van der Waals surface area contributed by atoms with Gasteiger partial charge in [0.2, 0.25) is 0 Å². The van der Waals surface area contributed by atoms with E-state index in [0.29, 0.717) is 6.42 Å². The molecule has 5 nitrogen and oxygen atoms in total. The lowest BCUT2D eigenvalue weighted by atomic mass is 9.92. The predicted octanol–water partition coefficient (Wildman–Crippen LogP) is 6.71. The molecule has 0 radical (unpaired) electrons. The van der Waals surface area contributed by atoms with Gasteiger partial charge >= 0.3 is 47.8 Å². The second kappa shape index (κ2) is 13.8. The molecule has 0 aliphatic heterocycles. The first-order valence-electron chi connectivity index (χ1n) is 11.2. The van der Waals surface area contributed by atoms with E-state index in [1.165, 1.54) is 5.32 Å². The fourth-order valence-electron chi connectivity index (χ4n) is 2.77. The maximum Gasteiger partial charge on any atom is 0.460 e. The molecule has 0 aromatic rings. The van der Waals surface area contributed by atoms with Crippen LogP contribution in [0.4, 0.5) is 61.9 Å². The number of alkyl halides is 13. The van der Waals surface area contributed by atoms with Gasteiger partial charge in [-0.15, -0.1) is 0 Å². The maximum absolute atomic E-state index is 13.6. The molecule has 0 saturated heterocycles. The minimum Gasteiger partial charge on any atom is -0.466 e. The van der Waals surface area contributed by atoms with Gasteiger partial charge in [0.1, 0.15) is 0 Å². The van der Waals surface area contributed by atoms with Crippen LogP contribution in [0.3, 0.4) is 0 Å². The van der Waals surface area contributed by atoms with Crippen molar-refractivity contribution < 1.29 is 71.4 Å². The maximum atomic E-state index is 13.6. The molecule has 2 N–H and O–H groups in total. The Hall–Kier alpha value is -2.17. The molecule has 18 heteroatoms. The number of esters is 1. The Morgan fingerprint density at radius 1 is 0.632 bits per heavy atom. The summed E-state index contributed by atoms with van der Waals surface area (Å²) in [5.41, 5.74) is 0. The monoisotopic (exact) mass is 590 g/mol. The van der Waals surface area contributed by atoms with Crippen LogP contribution in [0, 0.1) is 0 Å². The standard InChI is InChI=1S/C20H27F13N2O3/c1-2-3-4-5-6-7-12-38-13(36)8-10-34-14(37)35-11-9-15(21,22)16(23,24)17(25,26)18(27,28)19(29,30)20(31,32)33/h2-12H2,1H3,(H2,34,35,37). The highest BCUT2D eigenvalue weighted by molar-refractivity contribution is 5.75. The molecule has 0 aromatic heterocycles. The normalized spacial score (nSPS) is 13.8. The first kappa shape index (κ1) is 35.8. The van der Waals surface area contributed by atoms with E-state index >= 15 is 0 Å². The number of unbranched alkanes of at least 4 members (excludes halogenated alkanes) is 5. The zero-order valence-electron chi connectivity index (χ0n) is 19.9. The van der Waals surface area contributed by atoms with Gasteiger partial charge in [-0.2, -0.15) is 57.1 Å². The van der Waals surface area contributed by atoms with E-state index in [-0.39, 0.29) is 6.61 Å². The molecule has 0 heterocycles. The second-order valence-corrected chi connectivity index (χ2v) is 8.17. The lowest BCUT2D eigenvalue weighted by Crippen LogP contribution is -2.70. The van der Waals surface area contributed by atoms with Crippen LogP contribution >= 0.6 is 0 Å². The molecule has 0 unspecified atom stereocenters. The molecule has 0 atom stereocenters. The van der Waals surface area contributed by atoms with E-state index < -0.39 is 73.7 Å². The molecule has 0 saturated carbocycles. The highest BCUT2D eigenvalue weighted by Gasteiger charge is 2.90. The first-order valence-corrected chi connectivity index (χ1v) is 11.2. The number of ether oxygens (including phenoxy) is 1. The SMILES string of the molecule is CCCCCCCCOC(=O)CCNC(=O)NCCC(F)(F)C(F)(F)C(F)(F)C(F)(F)C(F)(F)C(F)(F)F. The number of hydrogen-bond donors (Lipinski definition) is 2. The van der Waals surface area contributed by atoms with Gasteiger partial charge in [0.15, 0.2) is 0 Å². The number of carbonyl (C=O) groups is 2. The van der Waals surface area contributed by atoms with Gasteiger partial charge in [-0.3, -0.25) is 4.79 Å². The smallest absolute Gasteiger partial charge is 0.460 e. The largest absolute Gasteiger partial charge is 0.466 e. The summed E-state index contributed by atoms with van der Waals surface area (Å²) in [7, 11) is 0. The highest BCUT2D eigenvalue weighted by atomic mass is 19.4. The van der Waals surface area contributed by atoms with Crippen molar-refractivity contribution in [1.29, 1.82) is 0 Å². The van der Waals surface area contributed by atoms with Crippen molar-refractivity contribution in [3.63, 3.8) is 0 Å². The molecular weight excluding hydrogens is 563 g/mol. The number of urea groups is 1. The van der Waals surface area contributed by atoms with Crippen LogP contribution in [-0.2, 0) is 9.53 Å². The molecule has 0 spiro atoms. The predicted molar refractivity (Wildman–Crippen MR) is 106 cm³/mol. The van der Waals surface area contributed by atoms with Crippen LogP contribution in [0.2, 0.25) is 0 Å². The Kier molecular flexibility index (Phi) is 13.0. The number of rotatable bonds is 17. The van der Waals surface area contributed by atoms with E-state index in [1.807, 2.05) is 12.2 Å². The van der Waals surface area contributed by atoms with E-state index in [2.05, 4.69) is 0 Å². The Bertz CT molecular complexity index is 759. The van der Waals surface area contributed by atoms with Crippen LogP contribution in [0.1, 0.15) is 58.3 Å². The highest BCUT2D eigenvalue weighted by Crippen LogP contribution is 2.60. The number of nitrogens with one attached hydrogen (secondary N) is 2. The summed E-state index contributed by atoms with van der Waals surface area (Å²) in [6.07, 6.45) is -4.97. The number of amides is 2. The average molecular weight is 590 g/mol. The fourth-order valence-corrected chi connectivity index (χ4v) is 2.77. The zero-order chi connectivity index (χ0) is 30.1. The Morgan fingerprint density at radius 3 is 1.63 bits per heavy atom. The topological polar surface area (TPSA) is 67.4 Å². The number of halogens is 13. The van der Waals surface area contributed by atoms with Crippen molar-refractivity contribution in [3.8, 4) is 0 Å². The molecule has 0 fully saturated rings. The van der Waals surface area contributed by atoms with E-state index in [9.17, 15) is 66.7 Å². The third-order valence-electron chi connectivity index (χ3n) is 5.10. The summed E-state index contributed by atoms with van der Waals surface area (Å²) in [5, 5.41) is 3.31. The molecular formula is C20H27F13N2O3. The third kappa shape index (κ3) is 8.68. The number of carbonyl (C=O) groups excluding carboxylic acids is 2. The molecule has 0 rings (SSSR count). The Labute approximate surface area is 208 Å². The zero-order valence-corrected chi connectivity index (χ0v) is 19.9. The molecule has 0 aliphatic rings. The van der Waals surface area contributed by atoms with Gasteiger partial charge in [0, 0.05) is 19.5 Å². The quantitative estimate of drug-likeness (QED) is 0.113. The van der Waals surface area contributed by atoms with Gasteiger partial charge < -0.3 is 15.4 Å². The average Bonchev–Trinajstić information content (AvgIpc) is 2.77. The van der Waals surface area contributed by atoms with Gasteiger partial charge in [0.05, 0.1) is 13.0 Å². The molecule has 2 amide bonds. The molecule has 226 valence electrons. The van der Waals surface area contributed by atoms with Crippen LogP contribution in [0.15, 0.2) is 0 Å². The van der Waals surface area contributed by atoms with E-state index in [1.54, 1.807) is 0 Å². The van der Waals surface area contributed by atoms with Gasteiger partial charge in [-0.1, -0.05) is 39.0 Å². The van der Waals surface area contributed by atoms with Gasteiger partial charge in [-0.05, 0) is 6.42 Å².